The second-order valence-corrected chi connectivity index (χ2v) is 3.47. The molecule has 0 aliphatic rings. The number of hydrogen-bond donors (Lipinski definition) is 1. The van der Waals surface area contributed by atoms with E-state index in [2.05, 4.69) is 23.8 Å². The zero-order valence-electron chi connectivity index (χ0n) is 8.74. The van der Waals surface area contributed by atoms with E-state index < -0.39 is 0 Å². The Kier molecular flexibility index (Phi) is 4.94. The Morgan fingerprint density at radius 3 is 3.07 bits per heavy atom. The Bertz CT molecular complexity index is 256. The average molecular weight is 190 g/mol. The lowest BCUT2D eigenvalue weighted by Gasteiger charge is -2.11. The van der Waals surface area contributed by atoms with E-state index in [-0.39, 0.29) is 0 Å². The second kappa shape index (κ2) is 6.33. The van der Waals surface area contributed by atoms with E-state index in [0.29, 0.717) is 6.04 Å². The molecular formula is C12H18N2. The molecule has 0 saturated heterocycles. The lowest BCUT2D eigenvalue weighted by atomic mass is 10.2. The Morgan fingerprint density at radius 1 is 1.57 bits per heavy atom. The molecule has 0 aromatic carbocycles. The van der Waals surface area contributed by atoms with Crippen molar-refractivity contribution in [3.63, 3.8) is 0 Å². The summed E-state index contributed by atoms with van der Waals surface area (Å²) < 4.78 is 0. The Balaban J connectivity index is 2.23. The molecule has 0 spiro atoms. The van der Waals surface area contributed by atoms with Crippen LogP contribution in [0.4, 0.5) is 0 Å². The average Bonchev–Trinajstić information content (AvgIpc) is 2.25. The predicted molar refractivity (Wildman–Crippen MR) is 60.0 cm³/mol. The van der Waals surface area contributed by atoms with Gasteiger partial charge in [-0.3, -0.25) is 4.98 Å². The molecule has 14 heavy (non-hydrogen) atoms. The molecule has 0 fully saturated rings. The van der Waals surface area contributed by atoms with Gasteiger partial charge in [0.05, 0.1) is 5.69 Å². The van der Waals surface area contributed by atoms with E-state index in [1.54, 1.807) is 0 Å². The van der Waals surface area contributed by atoms with Crippen molar-refractivity contribution in [1.82, 2.24) is 10.3 Å². The van der Waals surface area contributed by atoms with Gasteiger partial charge in [0.15, 0.2) is 0 Å². The summed E-state index contributed by atoms with van der Waals surface area (Å²) in [6, 6.07) is 6.51. The van der Waals surface area contributed by atoms with Gasteiger partial charge in [-0.25, -0.2) is 0 Å². The zero-order chi connectivity index (χ0) is 10.2. The van der Waals surface area contributed by atoms with Crippen LogP contribution in [0.1, 0.15) is 25.5 Å². The van der Waals surface area contributed by atoms with Crippen LogP contribution >= 0.6 is 0 Å². The molecule has 0 aliphatic heterocycles. The van der Waals surface area contributed by atoms with E-state index in [9.17, 15) is 0 Å². The predicted octanol–water partition coefficient (Wildman–Crippen LogP) is 2.53. The maximum atomic E-state index is 4.25. The summed E-state index contributed by atoms with van der Waals surface area (Å²) in [6.07, 6.45) is 5.98. The quantitative estimate of drug-likeness (QED) is 0.697. The summed E-state index contributed by atoms with van der Waals surface area (Å²) in [5.74, 6) is 0. The number of pyridine rings is 1. The first kappa shape index (κ1) is 10.9. The van der Waals surface area contributed by atoms with Gasteiger partial charge in [0.25, 0.3) is 0 Å². The summed E-state index contributed by atoms with van der Waals surface area (Å²) in [7, 11) is 0. The molecule has 0 bridgehead atoms. The summed E-state index contributed by atoms with van der Waals surface area (Å²) in [6.45, 7) is 6.74. The fourth-order valence-corrected chi connectivity index (χ4v) is 1.25. The minimum Gasteiger partial charge on any atom is -0.309 e. The first-order valence-electron chi connectivity index (χ1n) is 5.07. The van der Waals surface area contributed by atoms with E-state index in [4.69, 9.17) is 0 Å². The van der Waals surface area contributed by atoms with Gasteiger partial charge in [-0.1, -0.05) is 12.1 Å². The van der Waals surface area contributed by atoms with Crippen molar-refractivity contribution >= 4 is 0 Å². The third-order valence-electron chi connectivity index (χ3n) is 2.16. The first-order chi connectivity index (χ1) is 6.83. The number of allylic oxidation sites excluding steroid dienone is 1. The van der Waals surface area contributed by atoms with Crippen LogP contribution in [-0.2, 0) is 6.54 Å². The fourth-order valence-electron chi connectivity index (χ4n) is 1.25. The molecule has 1 aromatic rings. The molecule has 2 nitrogen and oxygen atoms in total. The molecule has 1 heterocycles. The van der Waals surface area contributed by atoms with Crippen LogP contribution in [0.15, 0.2) is 37.1 Å². The van der Waals surface area contributed by atoms with Gasteiger partial charge in [-0.05, 0) is 31.9 Å². The maximum Gasteiger partial charge on any atom is 0.0541 e. The zero-order valence-corrected chi connectivity index (χ0v) is 8.74. The third kappa shape index (κ3) is 4.19. The van der Waals surface area contributed by atoms with Crippen LogP contribution in [0, 0.1) is 0 Å². The lowest BCUT2D eigenvalue weighted by Crippen LogP contribution is -2.25. The molecule has 0 amide bonds. The first-order valence-corrected chi connectivity index (χ1v) is 5.07. The normalized spacial score (nSPS) is 12.4. The van der Waals surface area contributed by atoms with Crippen molar-refractivity contribution in [3.05, 3.63) is 42.7 Å². The molecule has 1 rings (SSSR count). The highest BCUT2D eigenvalue weighted by Gasteiger charge is 1.99. The smallest absolute Gasteiger partial charge is 0.0541 e. The van der Waals surface area contributed by atoms with E-state index >= 15 is 0 Å². The lowest BCUT2D eigenvalue weighted by molar-refractivity contribution is 0.513. The molecule has 0 unspecified atom stereocenters. The van der Waals surface area contributed by atoms with Crippen molar-refractivity contribution in [1.29, 1.82) is 0 Å². The summed E-state index contributed by atoms with van der Waals surface area (Å²) in [5.41, 5.74) is 1.10. The van der Waals surface area contributed by atoms with Gasteiger partial charge in [0.2, 0.25) is 0 Å². The highest BCUT2D eigenvalue weighted by molar-refractivity contribution is 5.03. The van der Waals surface area contributed by atoms with Gasteiger partial charge >= 0.3 is 0 Å². The summed E-state index contributed by atoms with van der Waals surface area (Å²) in [5, 5.41) is 3.42. The van der Waals surface area contributed by atoms with Crippen LogP contribution in [0.5, 0.6) is 0 Å². The van der Waals surface area contributed by atoms with Gasteiger partial charge < -0.3 is 5.32 Å². The molecule has 1 aromatic heterocycles. The largest absolute Gasteiger partial charge is 0.309 e. The molecule has 1 N–H and O–H groups in total. The molecular weight excluding hydrogens is 172 g/mol. The number of rotatable bonds is 6. The molecule has 0 saturated carbocycles. The van der Waals surface area contributed by atoms with E-state index in [1.807, 2.05) is 30.5 Å². The van der Waals surface area contributed by atoms with Crippen molar-refractivity contribution < 1.29 is 0 Å². The fraction of sp³-hybridized carbons (Fsp3) is 0.417. The standard InChI is InChI=1S/C12H18N2/c1-3-4-7-11(2)14-10-12-8-5-6-9-13-12/h3,5-6,8-9,11,14H,1,4,7,10H2,2H3/t11-/m0/s1. The van der Waals surface area contributed by atoms with Crippen LogP contribution in [0.2, 0.25) is 0 Å². The van der Waals surface area contributed by atoms with E-state index in [1.165, 1.54) is 0 Å². The number of aromatic nitrogens is 1. The minimum absolute atomic E-state index is 0.523. The Hall–Kier alpha value is -1.15. The number of nitrogens with one attached hydrogen (secondary N) is 1. The number of hydrogen-bond acceptors (Lipinski definition) is 2. The Morgan fingerprint density at radius 2 is 2.43 bits per heavy atom. The van der Waals surface area contributed by atoms with Gasteiger partial charge in [0.1, 0.15) is 0 Å². The Labute approximate surface area is 86.1 Å². The van der Waals surface area contributed by atoms with Gasteiger partial charge in [0, 0.05) is 18.8 Å². The van der Waals surface area contributed by atoms with Crippen LogP contribution in [0.3, 0.4) is 0 Å². The van der Waals surface area contributed by atoms with Crippen LogP contribution < -0.4 is 5.32 Å². The van der Waals surface area contributed by atoms with Crippen molar-refractivity contribution in [2.45, 2.75) is 32.4 Å². The SMILES string of the molecule is C=CCC[C@H](C)NCc1ccccn1. The van der Waals surface area contributed by atoms with Crippen molar-refractivity contribution in [3.8, 4) is 0 Å². The topological polar surface area (TPSA) is 24.9 Å². The highest BCUT2D eigenvalue weighted by atomic mass is 14.9. The summed E-state index contributed by atoms with van der Waals surface area (Å²) >= 11 is 0. The minimum atomic E-state index is 0.523. The van der Waals surface area contributed by atoms with E-state index in [0.717, 1.165) is 25.1 Å². The number of nitrogens with zero attached hydrogens (tertiary/aromatic N) is 1. The maximum absolute atomic E-state index is 4.25. The molecule has 0 aliphatic carbocycles. The van der Waals surface area contributed by atoms with Gasteiger partial charge in [-0.2, -0.15) is 0 Å². The second-order valence-electron chi connectivity index (χ2n) is 3.47. The van der Waals surface area contributed by atoms with Crippen LogP contribution in [0.25, 0.3) is 0 Å². The van der Waals surface area contributed by atoms with Crippen molar-refractivity contribution in [2.24, 2.45) is 0 Å². The highest BCUT2D eigenvalue weighted by Crippen LogP contribution is 1.99. The van der Waals surface area contributed by atoms with Crippen molar-refractivity contribution in [2.75, 3.05) is 0 Å². The summed E-state index contributed by atoms with van der Waals surface area (Å²) in [4.78, 5) is 4.25. The third-order valence-corrected chi connectivity index (χ3v) is 2.16. The molecule has 0 radical (unpaired) electrons. The van der Waals surface area contributed by atoms with Gasteiger partial charge in [-0.15, -0.1) is 6.58 Å². The molecule has 76 valence electrons. The van der Waals surface area contributed by atoms with Crippen LogP contribution in [-0.4, -0.2) is 11.0 Å². The molecule has 2 heteroatoms. The molecule has 1 atom stereocenters. The monoisotopic (exact) mass is 190 g/mol.